The van der Waals surface area contributed by atoms with Crippen LogP contribution in [0.5, 0.6) is 0 Å². The second-order valence-electron chi connectivity index (χ2n) is 8.15. The quantitative estimate of drug-likeness (QED) is 0.772. The first-order chi connectivity index (χ1) is 14.8. The Kier molecular flexibility index (Phi) is 5.86. The average Bonchev–Trinajstić information content (AvgIpc) is 3.58. The highest BCUT2D eigenvalue weighted by Gasteiger charge is 2.32. The van der Waals surface area contributed by atoms with E-state index in [0.717, 1.165) is 12.8 Å². The number of para-hydroxylation sites is 1. The highest BCUT2D eigenvalue weighted by atomic mass is 19.1. The first kappa shape index (κ1) is 21.2. The lowest BCUT2D eigenvalue weighted by Crippen LogP contribution is -2.55. The Labute approximate surface area is 179 Å². The van der Waals surface area contributed by atoms with Gasteiger partial charge in [0.2, 0.25) is 11.3 Å². The van der Waals surface area contributed by atoms with Gasteiger partial charge in [-0.3, -0.25) is 19.3 Å². The summed E-state index contributed by atoms with van der Waals surface area (Å²) >= 11 is 0. The summed E-state index contributed by atoms with van der Waals surface area (Å²) in [7, 11) is 0. The zero-order valence-corrected chi connectivity index (χ0v) is 17.7. The summed E-state index contributed by atoms with van der Waals surface area (Å²) in [6.07, 6.45) is 2.07. The van der Waals surface area contributed by atoms with Gasteiger partial charge >= 0.3 is 0 Å². The number of amides is 2. The van der Waals surface area contributed by atoms with Crippen molar-refractivity contribution in [3.63, 3.8) is 0 Å². The number of rotatable bonds is 5. The van der Waals surface area contributed by atoms with Crippen molar-refractivity contribution in [2.24, 2.45) is 0 Å². The third kappa shape index (κ3) is 4.51. The van der Waals surface area contributed by atoms with Crippen LogP contribution >= 0.6 is 0 Å². The van der Waals surface area contributed by atoms with Gasteiger partial charge in [0.1, 0.15) is 11.5 Å². The molecule has 31 heavy (non-hydrogen) atoms. The molecule has 2 heterocycles. The molecule has 2 aromatic rings. The summed E-state index contributed by atoms with van der Waals surface area (Å²) in [4.78, 5) is 41.4. The van der Waals surface area contributed by atoms with E-state index in [4.69, 9.17) is 0 Å². The van der Waals surface area contributed by atoms with Gasteiger partial charge < -0.3 is 10.2 Å². The minimum atomic E-state index is -0.493. The largest absolute Gasteiger partial charge is 0.352 e. The predicted molar refractivity (Wildman–Crippen MR) is 113 cm³/mol. The van der Waals surface area contributed by atoms with Crippen molar-refractivity contribution < 1.29 is 14.0 Å². The summed E-state index contributed by atoms with van der Waals surface area (Å²) in [6, 6.07) is 7.41. The molecule has 164 valence electrons. The topological polar surface area (TPSA) is 87.5 Å². The molecule has 2 fully saturated rings. The van der Waals surface area contributed by atoms with E-state index < -0.39 is 17.2 Å². The molecule has 2 amide bonds. The van der Waals surface area contributed by atoms with Crippen molar-refractivity contribution in [1.82, 2.24) is 24.9 Å². The average molecular weight is 427 g/mol. The first-order valence-electron chi connectivity index (χ1n) is 10.5. The number of nitrogens with zero attached hydrogens (tertiary/aromatic N) is 4. The number of carbonyl (C=O) groups is 2. The fourth-order valence-corrected chi connectivity index (χ4v) is 3.74. The van der Waals surface area contributed by atoms with E-state index in [2.05, 4.69) is 10.4 Å². The van der Waals surface area contributed by atoms with Crippen molar-refractivity contribution in [1.29, 1.82) is 0 Å². The molecule has 1 saturated carbocycles. The van der Waals surface area contributed by atoms with Crippen LogP contribution in [0.2, 0.25) is 0 Å². The normalized spacial score (nSPS) is 18.0. The fourth-order valence-electron chi connectivity index (χ4n) is 3.74. The third-order valence-electron chi connectivity index (χ3n) is 5.84. The lowest BCUT2D eigenvalue weighted by Gasteiger charge is -2.37. The van der Waals surface area contributed by atoms with E-state index >= 15 is 0 Å². The monoisotopic (exact) mass is 427 g/mol. The maximum Gasteiger partial charge on any atom is 0.278 e. The van der Waals surface area contributed by atoms with E-state index in [0.29, 0.717) is 37.9 Å². The number of hydrogen-bond donors (Lipinski definition) is 1. The number of nitrogens with one attached hydrogen (secondary N) is 1. The molecule has 1 aromatic carbocycles. The Hall–Kier alpha value is -3.07. The molecule has 1 aliphatic heterocycles. The molecule has 1 aromatic heterocycles. The van der Waals surface area contributed by atoms with Crippen molar-refractivity contribution >= 4 is 11.8 Å². The number of carbonyl (C=O) groups excluding carboxylic acids is 2. The molecule has 4 rings (SSSR count). The summed E-state index contributed by atoms with van der Waals surface area (Å²) in [5.74, 6) is -0.965. The molecule has 9 heteroatoms. The minimum Gasteiger partial charge on any atom is -0.352 e. The smallest absolute Gasteiger partial charge is 0.278 e. The number of piperazine rings is 1. The van der Waals surface area contributed by atoms with Crippen LogP contribution in [0.15, 0.2) is 35.1 Å². The van der Waals surface area contributed by atoms with Gasteiger partial charge in [-0.2, -0.15) is 5.10 Å². The van der Waals surface area contributed by atoms with E-state index in [1.165, 1.54) is 16.8 Å². The van der Waals surface area contributed by atoms with Gasteiger partial charge in [-0.1, -0.05) is 12.1 Å². The van der Waals surface area contributed by atoms with Gasteiger partial charge in [-0.05, 0) is 38.8 Å². The molecule has 1 aliphatic carbocycles. The Bertz CT molecular complexity index is 1060. The van der Waals surface area contributed by atoms with Crippen molar-refractivity contribution in [3.05, 3.63) is 57.8 Å². The van der Waals surface area contributed by atoms with Gasteiger partial charge in [0.05, 0.1) is 6.04 Å². The van der Waals surface area contributed by atoms with Gasteiger partial charge in [-0.25, -0.2) is 9.07 Å². The molecule has 2 aliphatic rings. The van der Waals surface area contributed by atoms with Crippen LogP contribution in [0.3, 0.4) is 0 Å². The first-order valence-corrected chi connectivity index (χ1v) is 10.5. The fraction of sp³-hybridized carbons (Fsp3) is 0.455. The van der Waals surface area contributed by atoms with E-state index in [1.54, 1.807) is 30.0 Å². The van der Waals surface area contributed by atoms with Crippen molar-refractivity contribution in [3.8, 4) is 5.69 Å². The lowest BCUT2D eigenvalue weighted by atomic mass is 10.2. The van der Waals surface area contributed by atoms with Crippen LogP contribution in [0, 0.1) is 12.7 Å². The van der Waals surface area contributed by atoms with Crippen LogP contribution < -0.4 is 10.7 Å². The summed E-state index contributed by atoms with van der Waals surface area (Å²) in [5.41, 5.74) is -0.113. The minimum absolute atomic E-state index is 0.00949. The number of benzene rings is 1. The van der Waals surface area contributed by atoms with E-state index in [9.17, 15) is 18.8 Å². The van der Waals surface area contributed by atoms with Gasteiger partial charge in [-0.15, -0.1) is 0 Å². The highest BCUT2D eigenvalue weighted by molar-refractivity contribution is 5.92. The molecular formula is C22H26FN5O3. The van der Waals surface area contributed by atoms with Gasteiger partial charge in [0.25, 0.3) is 5.91 Å². The second kappa shape index (κ2) is 8.58. The van der Waals surface area contributed by atoms with Crippen LogP contribution in [-0.2, 0) is 4.79 Å². The second-order valence-corrected chi connectivity index (χ2v) is 8.15. The number of aryl methyl sites for hydroxylation is 1. The molecular weight excluding hydrogens is 401 g/mol. The Morgan fingerprint density at radius 2 is 1.84 bits per heavy atom. The molecule has 1 saturated heterocycles. The number of hydrogen-bond acceptors (Lipinski definition) is 5. The number of aromatic nitrogens is 2. The zero-order valence-electron chi connectivity index (χ0n) is 17.7. The van der Waals surface area contributed by atoms with E-state index in [1.807, 2.05) is 11.8 Å². The van der Waals surface area contributed by atoms with Crippen molar-refractivity contribution in [2.45, 2.75) is 38.8 Å². The lowest BCUT2D eigenvalue weighted by molar-refractivity contribution is -0.126. The van der Waals surface area contributed by atoms with Crippen LogP contribution in [0.1, 0.15) is 35.9 Å². The molecule has 1 N–H and O–H groups in total. The molecule has 1 atom stereocenters. The Morgan fingerprint density at radius 1 is 1.16 bits per heavy atom. The number of halogens is 1. The molecule has 0 bridgehead atoms. The Balaban J connectivity index is 1.48. The zero-order chi connectivity index (χ0) is 22.1. The van der Waals surface area contributed by atoms with E-state index in [-0.39, 0.29) is 23.3 Å². The maximum atomic E-state index is 14.2. The van der Waals surface area contributed by atoms with Gasteiger partial charge in [0.15, 0.2) is 5.69 Å². The van der Waals surface area contributed by atoms with Crippen molar-refractivity contribution in [2.75, 3.05) is 26.2 Å². The highest BCUT2D eigenvalue weighted by Crippen LogP contribution is 2.19. The summed E-state index contributed by atoms with van der Waals surface area (Å²) in [6.45, 7) is 5.33. The standard InChI is InChI=1S/C22H26FN5O3/c1-14-13-19(29)20(25-28(14)18-6-4-3-5-17(18)23)22(31)27-11-9-26(10-12-27)15(2)21(30)24-16-7-8-16/h3-6,13,15-16H,7-12H2,1-2H3,(H,24,30). The summed E-state index contributed by atoms with van der Waals surface area (Å²) < 4.78 is 15.5. The third-order valence-corrected chi connectivity index (χ3v) is 5.84. The SMILES string of the molecule is Cc1cc(=O)c(C(=O)N2CCN(C(C)C(=O)NC3CC3)CC2)nn1-c1ccccc1F. The van der Waals surface area contributed by atoms with Gasteiger partial charge in [0, 0.05) is 44.0 Å². The molecule has 8 nitrogen and oxygen atoms in total. The molecule has 0 spiro atoms. The maximum absolute atomic E-state index is 14.2. The van der Waals surface area contributed by atoms with Crippen LogP contribution in [0.25, 0.3) is 5.69 Å². The van der Waals surface area contributed by atoms with Crippen LogP contribution in [0.4, 0.5) is 4.39 Å². The summed E-state index contributed by atoms with van der Waals surface area (Å²) in [5, 5.41) is 7.20. The predicted octanol–water partition coefficient (Wildman–Crippen LogP) is 1.10. The van der Waals surface area contributed by atoms with Crippen LogP contribution in [-0.4, -0.2) is 69.7 Å². The molecule has 1 unspecified atom stereocenters. The molecule has 0 radical (unpaired) electrons. The Morgan fingerprint density at radius 3 is 2.48 bits per heavy atom.